The number of methoxy groups -OCH3 is 1. The van der Waals surface area contributed by atoms with Crippen molar-refractivity contribution in [1.29, 1.82) is 0 Å². The van der Waals surface area contributed by atoms with Gasteiger partial charge in [-0.3, -0.25) is 4.79 Å². The normalized spacial score (nSPS) is 10.3. The summed E-state index contributed by atoms with van der Waals surface area (Å²) < 4.78 is 18.1. The van der Waals surface area contributed by atoms with Gasteiger partial charge in [-0.1, -0.05) is 29.8 Å². The Hall–Kier alpha value is -1.87. The molecule has 20 heavy (non-hydrogen) atoms. The maximum Gasteiger partial charge on any atom is 0.141 e. The van der Waals surface area contributed by atoms with Gasteiger partial charge in [0.05, 0.1) is 12.1 Å². The molecule has 0 aliphatic rings. The van der Waals surface area contributed by atoms with Crippen LogP contribution in [0, 0.1) is 5.82 Å². The second-order valence-corrected chi connectivity index (χ2v) is 4.90. The monoisotopic (exact) mass is 292 g/mol. The van der Waals surface area contributed by atoms with Gasteiger partial charge in [0.15, 0.2) is 0 Å². The minimum atomic E-state index is -0.474. The number of ketones is 1. The lowest BCUT2D eigenvalue weighted by Crippen LogP contribution is -2.06. The molecule has 0 fully saturated rings. The third kappa shape index (κ3) is 3.81. The SMILES string of the molecule is COc1ccc(CC(=O)Cc2ccc(F)c(Cl)c2)cc1. The minimum Gasteiger partial charge on any atom is -0.497 e. The van der Waals surface area contributed by atoms with Gasteiger partial charge in [-0.15, -0.1) is 0 Å². The lowest BCUT2D eigenvalue weighted by atomic mass is 10.0. The Morgan fingerprint density at radius 2 is 1.70 bits per heavy atom. The van der Waals surface area contributed by atoms with Crippen LogP contribution in [0.25, 0.3) is 0 Å². The second kappa shape index (κ2) is 6.53. The molecule has 0 bridgehead atoms. The number of hydrogen-bond donors (Lipinski definition) is 0. The van der Waals surface area contributed by atoms with E-state index >= 15 is 0 Å². The lowest BCUT2D eigenvalue weighted by Gasteiger charge is -2.04. The van der Waals surface area contributed by atoms with Crippen LogP contribution >= 0.6 is 11.6 Å². The first-order valence-corrected chi connectivity index (χ1v) is 6.55. The van der Waals surface area contributed by atoms with E-state index < -0.39 is 5.82 Å². The van der Waals surface area contributed by atoms with Crippen molar-refractivity contribution in [2.24, 2.45) is 0 Å². The molecular formula is C16H14ClFO2. The van der Waals surface area contributed by atoms with E-state index in [9.17, 15) is 9.18 Å². The van der Waals surface area contributed by atoms with Gasteiger partial charge in [-0.2, -0.15) is 0 Å². The van der Waals surface area contributed by atoms with E-state index in [-0.39, 0.29) is 17.2 Å². The van der Waals surface area contributed by atoms with Gasteiger partial charge in [0.1, 0.15) is 17.3 Å². The highest BCUT2D eigenvalue weighted by molar-refractivity contribution is 6.30. The van der Waals surface area contributed by atoms with Gasteiger partial charge in [-0.25, -0.2) is 4.39 Å². The smallest absolute Gasteiger partial charge is 0.141 e. The average Bonchev–Trinajstić information content (AvgIpc) is 2.44. The van der Waals surface area contributed by atoms with Crippen molar-refractivity contribution in [1.82, 2.24) is 0 Å². The summed E-state index contributed by atoms with van der Waals surface area (Å²) in [6.45, 7) is 0. The van der Waals surface area contributed by atoms with E-state index in [1.807, 2.05) is 24.3 Å². The summed E-state index contributed by atoms with van der Waals surface area (Å²) in [6, 6.07) is 11.7. The lowest BCUT2D eigenvalue weighted by molar-refractivity contribution is -0.117. The predicted molar refractivity (Wildman–Crippen MR) is 76.8 cm³/mol. The number of Topliss-reactive ketones (excluding diaryl/α,β-unsaturated/α-hetero) is 1. The van der Waals surface area contributed by atoms with Crippen LogP contribution in [-0.4, -0.2) is 12.9 Å². The molecule has 0 aliphatic carbocycles. The van der Waals surface area contributed by atoms with Crippen LogP contribution in [0.3, 0.4) is 0 Å². The van der Waals surface area contributed by atoms with Crippen LogP contribution in [0.5, 0.6) is 5.75 Å². The van der Waals surface area contributed by atoms with Crippen molar-refractivity contribution >= 4 is 17.4 Å². The Bertz CT molecular complexity index is 608. The highest BCUT2D eigenvalue weighted by atomic mass is 35.5. The molecule has 104 valence electrons. The van der Waals surface area contributed by atoms with Crippen molar-refractivity contribution < 1.29 is 13.9 Å². The zero-order chi connectivity index (χ0) is 14.5. The topological polar surface area (TPSA) is 26.3 Å². The molecular weight excluding hydrogens is 279 g/mol. The van der Waals surface area contributed by atoms with E-state index in [0.717, 1.165) is 16.9 Å². The second-order valence-electron chi connectivity index (χ2n) is 4.49. The Morgan fingerprint density at radius 1 is 1.10 bits per heavy atom. The van der Waals surface area contributed by atoms with E-state index in [0.29, 0.717) is 6.42 Å². The van der Waals surface area contributed by atoms with Gasteiger partial charge in [0.25, 0.3) is 0 Å². The molecule has 2 rings (SSSR count). The number of ether oxygens (including phenoxy) is 1. The first-order valence-electron chi connectivity index (χ1n) is 6.17. The van der Waals surface area contributed by atoms with Crippen molar-refractivity contribution in [2.45, 2.75) is 12.8 Å². The maximum atomic E-state index is 13.0. The largest absolute Gasteiger partial charge is 0.497 e. The van der Waals surface area contributed by atoms with E-state index in [4.69, 9.17) is 16.3 Å². The summed E-state index contributed by atoms with van der Waals surface area (Å²) in [4.78, 5) is 12.0. The van der Waals surface area contributed by atoms with E-state index in [2.05, 4.69) is 0 Å². The van der Waals surface area contributed by atoms with Crippen LogP contribution < -0.4 is 4.74 Å². The average molecular weight is 293 g/mol. The number of carbonyl (C=O) groups excluding carboxylic acids is 1. The minimum absolute atomic E-state index is 0.0414. The number of carbonyl (C=O) groups is 1. The van der Waals surface area contributed by atoms with Crippen LogP contribution in [0.2, 0.25) is 5.02 Å². The van der Waals surface area contributed by atoms with Gasteiger partial charge in [0.2, 0.25) is 0 Å². The summed E-state index contributed by atoms with van der Waals surface area (Å²) in [5.41, 5.74) is 1.64. The molecule has 2 aromatic rings. The van der Waals surface area contributed by atoms with Gasteiger partial charge in [-0.05, 0) is 35.4 Å². The van der Waals surface area contributed by atoms with Crippen LogP contribution in [0.4, 0.5) is 4.39 Å². The predicted octanol–water partition coefficient (Wildman–Crippen LogP) is 3.84. The fourth-order valence-corrected chi connectivity index (χ4v) is 2.11. The first kappa shape index (κ1) is 14.5. The Morgan fingerprint density at radius 3 is 2.30 bits per heavy atom. The molecule has 0 amide bonds. The molecule has 0 aliphatic heterocycles. The summed E-state index contributed by atoms with van der Waals surface area (Å²) >= 11 is 5.69. The molecule has 4 heteroatoms. The molecule has 0 unspecified atom stereocenters. The van der Waals surface area contributed by atoms with Gasteiger partial charge < -0.3 is 4.74 Å². The van der Waals surface area contributed by atoms with Crippen LogP contribution in [0.15, 0.2) is 42.5 Å². The van der Waals surface area contributed by atoms with Crippen molar-refractivity contribution in [3.8, 4) is 5.75 Å². The Kier molecular flexibility index (Phi) is 4.74. The molecule has 0 radical (unpaired) electrons. The quantitative estimate of drug-likeness (QED) is 0.837. The molecule has 0 heterocycles. The zero-order valence-corrected chi connectivity index (χ0v) is 11.8. The Balaban J connectivity index is 1.99. The maximum absolute atomic E-state index is 13.0. The van der Waals surface area contributed by atoms with Crippen LogP contribution in [0.1, 0.15) is 11.1 Å². The Labute approximate surface area is 122 Å². The molecule has 0 spiro atoms. The fraction of sp³-hybridized carbons (Fsp3) is 0.188. The summed E-state index contributed by atoms with van der Waals surface area (Å²) in [5, 5.41) is 0.0414. The first-order chi connectivity index (χ1) is 9.58. The van der Waals surface area contributed by atoms with Crippen molar-refractivity contribution in [2.75, 3.05) is 7.11 Å². The third-order valence-corrected chi connectivity index (χ3v) is 3.24. The summed E-state index contributed by atoms with van der Waals surface area (Å²) in [7, 11) is 1.60. The van der Waals surface area contributed by atoms with Crippen molar-refractivity contribution in [3.05, 3.63) is 64.4 Å². The van der Waals surface area contributed by atoms with E-state index in [1.54, 1.807) is 13.2 Å². The molecule has 0 aromatic heterocycles. The van der Waals surface area contributed by atoms with Gasteiger partial charge in [0, 0.05) is 12.8 Å². The zero-order valence-electron chi connectivity index (χ0n) is 11.0. The number of hydrogen-bond acceptors (Lipinski definition) is 2. The highest BCUT2D eigenvalue weighted by Crippen LogP contribution is 2.17. The van der Waals surface area contributed by atoms with Crippen molar-refractivity contribution in [3.63, 3.8) is 0 Å². The summed E-state index contributed by atoms with van der Waals surface area (Å²) in [5.74, 6) is 0.336. The molecule has 2 nitrogen and oxygen atoms in total. The van der Waals surface area contributed by atoms with E-state index in [1.165, 1.54) is 12.1 Å². The van der Waals surface area contributed by atoms with Crippen LogP contribution in [-0.2, 0) is 17.6 Å². The molecule has 0 saturated carbocycles. The fourth-order valence-electron chi connectivity index (χ4n) is 1.91. The standard InChI is InChI=1S/C16H14ClFO2/c1-20-14-5-2-11(3-6-14)8-13(19)9-12-4-7-16(18)15(17)10-12/h2-7,10H,8-9H2,1H3. The summed E-state index contributed by atoms with van der Waals surface area (Å²) in [6.07, 6.45) is 0.574. The number of halogens is 2. The molecule has 0 atom stereocenters. The van der Waals surface area contributed by atoms with Gasteiger partial charge >= 0.3 is 0 Å². The highest BCUT2D eigenvalue weighted by Gasteiger charge is 2.08. The third-order valence-electron chi connectivity index (χ3n) is 2.95. The number of rotatable bonds is 5. The molecule has 0 saturated heterocycles. The molecule has 0 N–H and O–H groups in total. The molecule has 2 aromatic carbocycles. The number of benzene rings is 2.